The molecule has 1 aliphatic carbocycles. The number of carboxylic acids is 2. The number of carboxylic acid groups (broad SMARTS) is 2. The van der Waals surface area contributed by atoms with Crippen molar-refractivity contribution in [3.05, 3.63) is 12.7 Å². The van der Waals surface area contributed by atoms with E-state index in [9.17, 15) is 9.59 Å². The Balaban J connectivity index is 2.75. The van der Waals surface area contributed by atoms with E-state index in [0.29, 0.717) is 12.8 Å². The van der Waals surface area contributed by atoms with Crippen LogP contribution in [0.15, 0.2) is 12.7 Å². The minimum atomic E-state index is -1.01. The van der Waals surface area contributed by atoms with Gasteiger partial charge in [-0.05, 0) is 25.2 Å². The van der Waals surface area contributed by atoms with E-state index in [4.69, 9.17) is 10.2 Å². The van der Waals surface area contributed by atoms with Crippen molar-refractivity contribution in [2.75, 3.05) is 0 Å². The van der Waals surface area contributed by atoms with E-state index in [2.05, 4.69) is 6.58 Å². The Hall–Kier alpha value is -1.32. The van der Waals surface area contributed by atoms with Crippen molar-refractivity contribution in [3.8, 4) is 0 Å². The summed E-state index contributed by atoms with van der Waals surface area (Å²) in [6.07, 6.45) is 3.27. The molecule has 0 spiro atoms. The minimum Gasteiger partial charge on any atom is -0.481 e. The van der Waals surface area contributed by atoms with Crippen molar-refractivity contribution in [2.45, 2.75) is 19.3 Å². The number of carbonyl (C=O) groups is 2. The molecule has 2 N–H and O–H groups in total. The molecular formula is C10H14O4. The van der Waals surface area contributed by atoms with Crippen LogP contribution in [0.25, 0.3) is 0 Å². The van der Waals surface area contributed by atoms with Crippen LogP contribution in [0.3, 0.4) is 0 Å². The molecule has 0 aromatic heterocycles. The maximum Gasteiger partial charge on any atom is 0.307 e. The Morgan fingerprint density at radius 3 is 2.14 bits per heavy atom. The van der Waals surface area contributed by atoms with E-state index in [1.165, 1.54) is 0 Å². The van der Waals surface area contributed by atoms with Gasteiger partial charge in [0.1, 0.15) is 0 Å². The maximum atomic E-state index is 10.8. The molecule has 3 unspecified atom stereocenters. The van der Waals surface area contributed by atoms with Gasteiger partial charge >= 0.3 is 11.9 Å². The SMILES string of the molecule is C=CC1CCC(C(=O)O)C(C(=O)O)C1. The van der Waals surface area contributed by atoms with Crippen LogP contribution in [-0.2, 0) is 9.59 Å². The van der Waals surface area contributed by atoms with Crippen LogP contribution in [0, 0.1) is 17.8 Å². The fourth-order valence-corrected chi connectivity index (χ4v) is 1.99. The summed E-state index contributed by atoms with van der Waals surface area (Å²) in [7, 11) is 0. The molecule has 0 amide bonds. The molecule has 1 rings (SSSR count). The fourth-order valence-electron chi connectivity index (χ4n) is 1.99. The molecule has 0 aromatic rings. The number of hydrogen-bond acceptors (Lipinski definition) is 2. The van der Waals surface area contributed by atoms with Crippen molar-refractivity contribution in [1.29, 1.82) is 0 Å². The quantitative estimate of drug-likeness (QED) is 0.672. The lowest BCUT2D eigenvalue weighted by atomic mass is 9.74. The Bertz CT molecular complexity index is 259. The van der Waals surface area contributed by atoms with Crippen LogP contribution in [0.5, 0.6) is 0 Å². The van der Waals surface area contributed by atoms with E-state index in [-0.39, 0.29) is 5.92 Å². The van der Waals surface area contributed by atoms with Crippen molar-refractivity contribution in [3.63, 3.8) is 0 Å². The molecule has 0 aromatic carbocycles. The summed E-state index contributed by atoms with van der Waals surface area (Å²) in [6.45, 7) is 3.61. The molecule has 78 valence electrons. The highest BCUT2D eigenvalue weighted by Gasteiger charge is 2.38. The standard InChI is InChI=1S/C10H14O4/c1-2-6-3-4-7(9(11)12)8(5-6)10(13)14/h2,6-8H,1,3-5H2,(H,11,12)(H,13,14). The Labute approximate surface area is 82.2 Å². The molecule has 1 fully saturated rings. The molecule has 0 aliphatic heterocycles. The van der Waals surface area contributed by atoms with Crippen LogP contribution in [-0.4, -0.2) is 22.2 Å². The van der Waals surface area contributed by atoms with Crippen molar-refractivity contribution >= 4 is 11.9 Å². The average Bonchev–Trinajstić information content (AvgIpc) is 2.16. The Kier molecular flexibility index (Phi) is 3.28. The van der Waals surface area contributed by atoms with Crippen LogP contribution in [0.2, 0.25) is 0 Å². The molecule has 1 saturated carbocycles. The average molecular weight is 198 g/mol. The summed E-state index contributed by atoms with van der Waals surface area (Å²) in [5.74, 6) is -3.36. The molecule has 3 atom stereocenters. The normalized spacial score (nSPS) is 32.1. The maximum absolute atomic E-state index is 10.8. The van der Waals surface area contributed by atoms with Crippen LogP contribution < -0.4 is 0 Å². The first-order valence-corrected chi connectivity index (χ1v) is 4.64. The van der Waals surface area contributed by atoms with Gasteiger partial charge in [-0.3, -0.25) is 9.59 Å². The number of rotatable bonds is 3. The second-order valence-corrected chi connectivity index (χ2v) is 3.70. The molecule has 0 radical (unpaired) electrons. The van der Waals surface area contributed by atoms with Gasteiger partial charge in [0, 0.05) is 0 Å². The lowest BCUT2D eigenvalue weighted by Gasteiger charge is -2.29. The molecule has 4 heteroatoms. The number of aliphatic carboxylic acids is 2. The highest BCUT2D eigenvalue weighted by molar-refractivity contribution is 5.80. The Morgan fingerprint density at radius 1 is 1.14 bits per heavy atom. The van der Waals surface area contributed by atoms with Crippen molar-refractivity contribution in [1.82, 2.24) is 0 Å². The molecule has 14 heavy (non-hydrogen) atoms. The van der Waals surface area contributed by atoms with Crippen LogP contribution in [0.1, 0.15) is 19.3 Å². The zero-order valence-electron chi connectivity index (χ0n) is 7.85. The van der Waals surface area contributed by atoms with Gasteiger partial charge in [-0.1, -0.05) is 6.08 Å². The van der Waals surface area contributed by atoms with Gasteiger partial charge in [-0.2, -0.15) is 0 Å². The third-order valence-corrected chi connectivity index (χ3v) is 2.86. The van der Waals surface area contributed by atoms with Gasteiger partial charge in [0.15, 0.2) is 0 Å². The van der Waals surface area contributed by atoms with Gasteiger partial charge in [0.25, 0.3) is 0 Å². The molecule has 4 nitrogen and oxygen atoms in total. The highest BCUT2D eigenvalue weighted by Crippen LogP contribution is 2.34. The minimum absolute atomic E-state index is 0.145. The van der Waals surface area contributed by atoms with Crippen LogP contribution >= 0.6 is 0 Å². The molecule has 0 bridgehead atoms. The van der Waals surface area contributed by atoms with E-state index in [1.54, 1.807) is 6.08 Å². The zero-order valence-corrected chi connectivity index (χ0v) is 7.85. The fraction of sp³-hybridized carbons (Fsp3) is 0.600. The van der Waals surface area contributed by atoms with Gasteiger partial charge < -0.3 is 10.2 Å². The van der Waals surface area contributed by atoms with Gasteiger partial charge in [0.05, 0.1) is 11.8 Å². The molecule has 0 saturated heterocycles. The van der Waals surface area contributed by atoms with Crippen molar-refractivity contribution in [2.24, 2.45) is 17.8 Å². The molecule has 0 heterocycles. The number of allylic oxidation sites excluding steroid dienone is 1. The predicted molar refractivity (Wildman–Crippen MR) is 49.8 cm³/mol. The third-order valence-electron chi connectivity index (χ3n) is 2.86. The molecule has 1 aliphatic rings. The molecular weight excluding hydrogens is 184 g/mol. The van der Waals surface area contributed by atoms with E-state index in [0.717, 1.165) is 6.42 Å². The van der Waals surface area contributed by atoms with E-state index < -0.39 is 23.8 Å². The first-order chi connectivity index (χ1) is 6.56. The first kappa shape index (κ1) is 10.8. The largest absolute Gasteiger partial charge is 0.481 e. The monoisotopic (exact) mass is 198 g/mol. The van der Waals surface area contributed by atoms with Crippen molar-refractivity contribution < 1.29 is 19.8 Å². The summed E-state index contributed by atoms with van der Waals surface area (Å²) in [4.78, 5) is 21.6. The highest BCUT2D eigenvalue weighted by atomic mass is 16.4. The third kappa shape index (κ3) is 2.13. The first-order valence-electron chi connectivity index (χ1n) is 4.64. The Morgan fingerprint density at radius 2 is 1.71 bits per heavy atom. The van der Waals surface area contributed by atoms with Gasteiger partial charge in [0.2, 0.25) is 0 Å². The summed E-state index contributed by atoms with van der Waals surface area (Å²) in [5, 5.41) is 17.7. The second kappa shape index (κ2) is 4.26. The topological polar surface area (TPSA) is 74.6 Å². The van der Waals surface area contributed by atoms with Gasteiger partial charge in [-0.15, -0.1) is 6.58 Å². The summed E-state index contributed by atoms with van der Waals surface area (Å²) < 4.78 is 0. The lowest BCUT2D eigenvalue weighted by molar-refractivity contribution is -0.156. The predicted octanol–water partition coefficient (Wildman–Crippen LogP) is 1.37. The summed E-state index contributed by atoms with van der Waals surface area (Å²) in [6, 6.07) is 0. The van der Waals surface area contributed by atoms with Gasteiger partial charge in [-0.25, -0.2) is 0 Å². The summed E-state index contributed by atoms with van der Waals surface area (Å²) in [5.41, 5.74) is 0. The van der Waals surface area contributed by atoms with E-state index >= 15 is 0 Å². The zero-order chi connectivity index (χ0) is 10.7. The number of hydrogen-bond donors (Lipinski definition) is 2. The lowest BCUT2D eigenvalue weighted by Crippen LogP contribution is -2.35. The second-order valence-electron chi connectivity index (χ2n) is 3.70. The van der Waals surface area contributed by atoms with E-state index in [1.807, 2.05) is 0 Å². The van der Waals surface area contributed by atoms with Crippen LogP contribution in [0.4, 0.5) is 0 Å². The summed E-state index contributed by atoms with van der Waals surface area (Å²) >= 11 is 0. The smallest absolute Gasteiger partial charge is 0.307 e.